The topological polar surface area (TPSA) is 84.7 Å². The minimum absolute atomic E-state index is 0.138. The van der Waals surface area contributed by atoms with Crippen LogP contribution in [-0.2, 0) is 6.42 Å². The van der Waals surface area contributed by atoms with E-state index < -0.39 is 0 Å². The molecule has 16 heavy (non-hydrogen) atoms. The Hall–Kier alpha value is -2.17. The van der Waals surface area contributed by atoms with Crippen molar-refractivity contribution in [2.24, 2.45) is 0 Å². The molecule has 0 fully saturated rings. The first-order valence-electron chi connectivity index (χ1n) is 5.01. The first-order valence-corrected chi connectivity index (χ1v) is 5.01. The molecule has 2 rings (SSSR count). The van der Waals surface area contributed by atoms with E-state index in [1.165, 1.54) is 6.07 Å². The molecular weight excluding hydrogens is 204 g/mol. The highest BCUT2D eigenvalue weighted by atomic mass is 16.1. The lowest BCUT2D eigenvalue weighted by Gasteiger charge is -2.03. The maximum absolute atomic E-state index is 10.9. The molecule has 0 aliphatic heterocycles. The molecule has 0 aliphatic carbocycles. The van der Waals surface area contributed by atoms with E-state index in [1.54, 1.807) is 12.3 Å². The van der Waals surface area contributed by atoms with Crippen LogP contribution in [0, 0.1) is 0 Å². The average molecular weight is 216 g/mol. The van der Waals surface area contributed by atoms with E-state index in [0.717, 1.165) is 23.4 Å². The lowest BCUT2D eigenvalue weighted by molar-refractivity contribution is 1.01. The number of pyridine rings is 1. The molecule has 5 nitrogen and oxygen atoms in total. The number of nitrogens with two attached hydrogens (primary N) is 1. The number of H-pyrrole nitrogens is 1. The highest BCUT2D eigenvalue weighted by molar-refractivity contribution is 5.59. The lowest BCUT2D eigenvalue weighted by Crippen LogP contribution is -2.04. The zero-order valence-corrected chi connectivity index (χ0v) is 8.90. The highest BCUT2D eigenvalue weighted by Gasteiger charge is 2.03. The van der Waals surface area contributed by atoms with Crippen molar-refractivity contribution in [3.8, 4) is 11.3 Å². The summed E-state index contributed by atoms with van der Waals surface area (Å²) in [5, 5.41) is 0. The van der Waals surface area contributed by atoms with Crippen molar-refractivity contribution in [3.05, 3.63) is 40.4 Å². The molecule has 3 N–H and O–H groups in total. The summed E-state index contributed by atoms with van der Waals surface area (Å²) in [5.74, 6) is 0.251. The van der Waals surface area contributed by atoms with E-state index in [-0.39, 0.29) is 11.5 Å². The number of nitrogens with one attached hydrogen (secondary N) is 1. The molecule has 0 saturated carbocycles. The zero-order valence-electron chi connectivity index (χ0n) is 8.90. The first kappa shape index (κ1) is 10.4. The summed E-state index contributed by atoms with van der Waals surface area (Å²) in [6.45, 7) is 2.00. The zero-order chi connectivity index (χ0) is 11.5. The number of rotatable bonds is 2. The third kappa shape index (κ3) is 2.08. The van der Waals surface area contributed by atoms with Gasteiger partial charge in [-0.2, -0.15) is 0 Å². The molecule has 0 saturated heterocycles. The lowest BCUT2D eigenvalue weighted by atomic mass is 10.1. The van der Waals surface area contributed by atoms with Crippen LogP contribution in [0.15, 0.2) is 29.2 Å². The van der Waals surface area contributed by atoms with Crippen molar-refractivity contribution < 1.29 is 0 Å². The van der Waals surface area contributed by atoms with Crippen molar-refractivity contribution in [1.82, 2.24) is 15.0 Å². The van der Waals surface area contributed by atoms with Crippen LogP contribution in [0.5, 0.6) is 0 Å². The Morgan fingerprint density at radius 2 is 2.19 bits per heavy atom. The molecule has 0 radical (unpaired) electrons. The molecule has 0 aliphatic rings. The van der Waals surface area contributed by atoms with Gasteiger partial charge in [0.1, 0.15) is 0 Å². The number of aromatic nitrogens is 3. The van der Waals surface area contributed by atoms with Gasteiger partial charge >= 0.3 is 0 Å². The second kappa shape index (κ2) is 4.14. The van der Waals surface area contributed by atoms with Gasteiger partial charge in [-0.1, -0.05) is 6.92 Å². The van der Waals surface area contributed by atoms with Gasteiger partial charge in [-0.25, -0.2) is 9.97 Å². The fraction of sp³-hybridized carbons (Fsp3) is 0.182. The fourth-order valence-electron chi connectivity index (χ4n) is 1.42. The Morgan fingerprint density at radius 1 is 1.38 bits per heavy atom. The molecule has 5 heteroatoms. The quantitative estimate of drug-likeness (QED) is 0.783. The Morgan fingerprint density at radius 3 is 2.81 bits per heavy atom. The van der Waals surface area contributed by atoms with E-state index in [1.807, 2.05) is 13.0 Å². The largest absolute Gasteiger partial charge is 0.368 e. The van der Waals surface area contributed by atoms with Crippen LogP contribution < -0.4 is 11.3 Å². The standard InChI is InChI=1S/C11H12N4O/c1-2-8-5-9(15-11(12)14-8)7-3-4-10(16)13-6-7/h3-6H,2H2,1H3,(H,13,16)(H2,12,14,15). The minimum Gasteiger partial charge on any atom is -0.368 e. The molecule has 2 heterocycles. The molecule has 82 valence electrons. The van der Waals surface area contributed by atoms with E-state index in [2.05, 4.69) is 15.0 Å². The Kier molecular flexibility index (Phi) is 2.68. The van der Waals surface area contributed by atoms with Crippen LogP contribution in [0.1, 0.15) is 12.6 Å². The van der Waals surface area contributed by atoms with Crippen molar-refractivity contribution in [1.29, 1.82) is 0 Å². The first-order chi connectivity index (χ1) is 7.69. The van der Waals surface area contributed by atoms with Crippen LogP contribution in [0.25, 0.3) is 11.3 Å². The summed E-state index contributed by atoms with van der Waals surface area (Å²) in [4.78, 5) is 21.7. The molecule has 0 amide bonds. The van der Waals surface area contributed by atoms with Crippen molar-refractivity contribution in [2.75, 3.05) is 5.73 Å². The third-order valence-corrected chi connectivity index (χ3v) is 2.24. The minimum atomic E-state index is -0.138. The molecule has 0 bridgehead atoms. The van der Waals surface area contributed by atoms with Gasteiger partial charge in [0, 0.05) is 23.5 Å². The predicted octanol–water partition coefficient (Wildman–Crippen LogP) is 0.976. The number of anilines is 1. The van der Waals surface area contributed by atoms with Crippen LogP contribution >= 0.6 is 0 Å². The van der Waals surface area contributed by atoms with Crippen LogP contribution in [0.2, 0.25) is 0 Å². The van der Waals surface area contributed by atoms with E-state index in [9.17, 15) is 4.79 Å². The molecule has 2 aromatic heterocycles. The van der Waals surface area contributed by atoms with Gasteiger partial charge in [0.15, 0.2) is 0 Å². The Labute approximate surface area is 92.4 Å². The van der Waals surface area contributed by atoms with Gasteiger partial charge in [-0.3, -0.25) is 4.79 Å². The van der Waals surface area contributed by atoms with Gasteiger partial charge in [-0.05, 0) is 18.6 Å². The van der Waals surface area contributed by atoms with Gasteiger partial charge in [0.25, 0.3) is 0 Å². The number of nitrogen functional groups attached to an aromatic ring is 1. The number of aryl methyl sites for hydroxylation is 1. The third-order valence-electron chi connectivity index (χ3n) is 2.24. The van der Waals surface area contributed by atoms with E-state index in [4.69, 9.17) is 5.73 Å². The van der Waals surface area contributed by atoms with E-state index in [0.29, 0.717) is 0 Å². The van der Waals surface area contributed by atoms with Gasteiger partial charge < -0.3 is 10.7 Å². The predicted molar refractivity (Wildman–Crippen MR) is 61.9 cm³/mol. The number of aromatic amines is 1. The Bertz CT molecular complexity index is 542. The maximum atomic E-state index is 10.9. The molecule has 2 aromatic rings. The molecule has 0 unspecified atom stereocenters. The monoisotopic (exact) mass is 216 g/mol. The molecule has 0 atom stereocenters. The average Bonchev–Trinajstić information content (AvgIpc) is 2.29. The van der Waals surface area contributed by atoms with Crippen molar-refractivity contribution in [3.63, 3.8) is 0 Å². The normalized spacial score (nSPS) is 10.3. The number of hydrogen-bond donors (Lipinski definition) is 2. The van der Waals surface area contributed by atoms with Crippen LogP contribution in [0.3, 0.4) is 0 Å². The summed E-state index contributed by atoms with van der Waals surface area (Å²) >= 11 is 0. The van der Waals surface area contributed by atoms with Gasteiger partial charge in [0.2, 0.25) is 11.5 Å². The van der Waals surface area contributed by atoms with Gasteiger partial charge in [-0.15, -0.1) is 0 Å². The second-order valence-electron chi connectivity index (χ2n) is 3.40. The van der Waals surface area contributed by atoms with E-state index >= 15 is 0 Å². The number of hydrogen-bond acceptors (Lipinski definition) is 4. The van der Waals surface area contributed by atoms with Crippen LogP contribution in [0.4, 0.5) is 5.95 Å². The SMILES string of the molecule is CCc1cc(-c2ccc(=O)[nH]c2)nc(N)n1. The second-order valence-corrected chi connectivity index (χ2v) is 3.40. The maximum Gasteiger partial charge on any atom is 0.247 e. The summed E-state index contributed by atoms with van der Waals surface area (Å²) in [7, 11) is 0. The molecule has 0 spiro atoms. The summed E-state index contributed by atoms with van der Waals surface area (Å²) < 4.78 is 0. The van der Waals surface area contributed by atoms with Crippen molar-refractivity contribution >= 4 is 5.95 Å². The summed E-state index contributed by atoms with van der Waals surface area (Å²) in [6.07, 6.45) is 2.41. The highest BCUT2D eigenvalue weighted by Crippen LogP contribution is 2.16. The molecule has 0 aromatic carbocycles. The fourth-order valence-corrected chi connectivity index (χ4v) is 1.42. The smallest absolute Gasteiger partial charge is 0.247 e. The van der Waals surface area contributed by atoms with Gasteiger partial charge in [0.05, 0.1) is 5.69 Å². The summed E-state index contributed by atoms with van der Waals surface area (Å²) in [6, 6.07) is 5.03. The molecular formula is C11H12N4O. The Balaban J connectivity index is 2.51. The summed E-state index contributed by atoms with van der Waals surface area (Å²) in [5.41, 5.74) is 7.90. The number of nitrogens with zero attached hydrogens (tertiary/aromatic N) is 2. The van der Waals surface area contributed by atoms with Crippen molar-refractivity contribution in [2.45, 2.75) is 13.3 Å². The van der Waals surface area contributed by atoms with Crippen LogP contribution in [-0.4, -0.2) is 15.0 Å².